The highest BCUT2D eigenvalue weighted by atomic mass is 32.2. The number of nitrogens with zero attached hydrogens (tertiary/aromatic N) is 3. The Morgan fingerprint density at radius 2 is 1.94 bits per heavy atom. The van der Waals surface area contributed by atoms with Crippen LogP contribution in [0, 0.1) is 6.92 Å². The van der Waals surface area contributed by atoms with Gasteiger partial charge in [0.2, 0.25) is 15.7 Å². The molecule has 0 unspecified atom stereocenters. The van der Waals surface area contributed by atoms with E-state index in [2.05, 4.69) is 30.1 Å². The zero-order valence-electron chi connectivity index (χ0n) is 18.0. The third-order valence-electron chi connectivity index (χ3n) is 6.53. The lowest BCUT2D eigenvalue weighted by Gasteiger charge is -2.50. The largest absolute Gasteiger partial charge is 0.497 e. The fraction of sp³-hybridized carbons (Fsp3) is 0.435. The molecule has 0 bridgehead atoms. The summed E-state index contributed by atoms with van der Waals surface area (Å²) in [5, 5.41) is 7.15. The van der Waals surface area contributed by atoms with Crippen molar-refractivity contribution >= 4 is 15.7 Å². The van der Waals surface area contributed by atoms with Gasteiger partial charge in [-0.3, -0.25) is 0 Å². The molecule has 1 spiro atoms. The average Bonchev–Trinajstić information content (AvgIpc) is 3.21. The van der Waals surface area contributed by atoms with Crippen molar-refractivity contribution in [2.75, 3.05) is 26.5 Å². The van der Waals surface area contributed by atoms with Crippen LogP contribution in [0.3, 0.4) is 0 Å². The molecule has 3 aliphatic heterocycles. The van der Waals surface area contributed by atoms with Gasteiger partial charge in [-0.15, -0.1) is 0 Å². The van der Waals surface area contributed by atoms with Crippen molar-refractivity contribution in [3.8, 4) is 11.5 Å². The molecule has 164 valence electrons. The van der Waals surface area contributed by atoms with Gasteiger partial charge in [-0.25, -0.2) is 17.7 Å². The van der Waals surface area contributed by atoms with Gasteiger partial charge in [0.25, 0.3) is 0 Å². The van der Waals surface area contributed by atoms with E-state index in [0.717, 1.165) is 34.8 Å². The van der Waals surface area contributed by atoms with E-state index >= 15 is 0 Å². The van der Waals surface area contributed by atoms with Gasteiger partial charge >= 0.3 is 0 Å². The van der Waals surface area contributed by atoms with Crippen LogP contribution in [0.25, 0.3) is 0 Å². The Bertz CT molecular complexity index is 1150. The first kappa shape index (κ1) is 20.3. The molecule has 0 aliphatic carbocycles. The predicted molar refractivity (Wildman–Crippen MR) is 119 cm³/mol. The molecule has 3 aliphatic rings. The molecule has 0 aromatic heterocycles. The zero-order valence-corrected chi connectivity index (χ0v) is 18.9. The summed E-state index contributed by atoms with van der Waals surface area (Å²) in [6, 6.07) is 14.3. The van der Waals surface area contributed by atoms with Crippen LogP contribution in [0.5, 0.6) is 11.5 Å². The van der Waals surface area contributed by atoms with Crippen LogP contribution in [0.1, 0.15) is 42.0 Å². The summed E-state index contributed by atoms with van der Waals surface area (Å²) < 4.78 is 37.6. The molecule has 0 N–H and O–H groups in total. The number of piperidine rings is 1. The number of sulfonamides is 1. The Morgan fingerprint density at radius 3 is 2.65 bits per heavy atom. The summed E-state index contributed by atoms with van der Waals surface area (Å²) in [4.78, 5) is 0. The third kappa shape index (κ3) is 3.47. The maximum Gasteiger partial charge on any atom is 0.211 e. The Labute approximate surface area is 183 Å². The van der Waals surface area contributed by atoms with E-state index in [0.29, 0.717) is 25.9 Å². The minimum Gasteiger partial charge on any atom is -0.497 e. The maximum absolute atomic E-state index is 12.1. The molecule has 0 radical (unpaired) electrons. The lowest BCUT2D eigenvalue weighted by atomic mass is 9.90. The van der Waals surface area contributed by atoms with E-state index in [1.165, 1.54) is 16.1 Å². The Balaban J connectivity index is 1.55. The lowest BCUT2D eigenvalue weighted by Crippen LogP contribution is -2.59. The minimum atomic E-state index is -3.22. The fourth-order valence-electron chi connectivity index (χ4n) is 4.88. The van der Waals surface area contributed by atoms with Crippen LogP contribution in [-0.4, -0.2) is 55.6 Å². The summed E-state index contributed by atoms with van der Waals surface area (Å²) >= 11 is 0. The monoisotopic (exact) mass is 441 g/mol. The van der Waals surface area contributed by atoms with Crippen molar-refractivity contribution in [1.82, 2.24) is 9.31 Å². The Kier molecular flexibility index (Phi) is 4.75. The maximum atomic E-state index is 12.1. The Hall–Kier alpha value is -2.58. The second-order valence-electron chi connectivity index (χ2n) is 8.59. The van der Waals surface area contributed by atoms with Crippen LogP contribution < -0.4 is 9.47 Å². The van der Waals surface area contributed by atoms with Crippen LogP contribution in [-0.2, 0) is 10.0 Å². The first-order valence-electron chi connectivity index (χ1n) is 10.5. The SMILES string of the molecule is COc1cccc(C2=NN3[C@@H](C2)c2cc(C)ccc2OC32CCN(S(C)(=O)=O)CC2)c1. The van der Waals surface area contributed by atoms with E-state index in [1.54, 1.807) is 7.11 Å². The molecular weight excluding hydrogens is 414 g/mol. The smallest absolute Gasteiger partial charge is 0.211 e. The second kappa shape index (κ2) is 7.24. The molecule has 0 amide bonds. The first-order valence-corrected chi connectivity index (χ1v) is 12.4. The molecule has 3 heterocycles. The highest BCUT2D eigenvalue weighted by Crippen LogP contribution is 2.50. The van der Waals surface area contributed by atoms with Gasteiger partial charge in [-0.2, -0.15) is 5.10 Å². The predicted octanol–water partition coefficient (Wildman–Crippen LogP) is 3.30. The van der Waals surface area contributed by atoms with Gasteiger partial charge in [0.15, 0.2) is 0 Å². The van der Waals surface area contributed by atoms with Gasteiger partial charge in [-0.05, 0) is 25.1 Å². The molecule has 5 rings (SSSR count). The summed E-state index contributed by atoms with van der Waals surface area (Å²) in [6.45, 7) is 2.93. The number of hydrogen-bond donors (Lipinski definition) is 0. The quantitative estimate of drug-likeness (QED) is 0.731. The molecule has 31 heavy (non-hydrogen) atoms. The van der Waals surface area contributed by atoms with E-state index in [9.17, 15) is 8.42 Å². The average molecular weight is 442 g/mol. The number of rotatable bonds is 3. The molecule has 2 aromatic carbocycles. The van der Waals surface area contributed by atoms with Crippen molar-refractivity contribution in [1.29, 1.82) is 0 Å². The zero-order chi connectivity index (χ0) is 21.8. The van der Waals surface area contributed by atoms with Crippen molar-refractivity contribution in [2.45, 2.75) is 38.0 Å². The third-order valence-corrected chi connectivity index (χ3v) is 7.83. The molecule has 1 fully saturated rings. The van der Waals surface area contributed by atoms with E-state index in [1.807, 2.05) is 24.3 Å². The number of ether oxygens (including phenoxy) is 2. The number of methoxy groups -OCH3 is 1. The Morgan fingerprint density at radius 1 is 1.16 bits per heavy atom. The topological polar surface area (TPSA) is 71.4 Å². The van der Waals surface area contributed by atoms with Crippen LogP contribution in [0.15, 0.2) is 47.6 Å². The van der Waals surface area contributed by atoms with Crippen molar-refractivity contribution in [3.05, 3.63) is 59.2 Å². The van der Waals surface area contributed by atoms with Crippen molar-refractivity contribution in [2.24, 2.45) is 5.10 Å². The molecule has 7 nitrogen and oxygen atoms in total. The lowest BCUT2D eigenvalue weighted by molar-refractivity contribution is -0.143. The van der Waals surface area contributed by atoms with E-state index in [-0.39, 0.29) is 6.04 Å². The molecular formula is C23H27N3O4S. The highest BCUT2D eigenvalue weighted by Gasteiger charge is 2.52. The summed E-state index contributed by atoms with van der Waals surface area (Å²) in [5.74, 6) is 1.68. The first-order chi connectivity index (χ1) is 14.8. The van der Waals surface area contributed by atoms with Gasteiger partial charge in [0.1, 0.15) is 11.5 Å². The molecule has 2 aromatic rings. The normalized spacial score (nSPS) is 22.5. The van der Waals surface area contributed by atoms with Gasteiger partial charge in [0, 0.05) is 43.5 Å². The molecule has 8 heteroatoms. The number of hydrazone groups is 1. The molecule has 0 saturated carbocycles. The number of hydrogen-bond acceptors (Lipinski definition) is 6. The van der Waals surface area contributed by atoms with Crippen LogP contribution >= 0.6 is 0 Å². The van der Waals surface area contributed by atoms with E-state index in [4.69, 9.17) is 14.6 Å². The van der Waals surface area contributed by atoms with Crippen LogP contribution in [0.2, 0.25) is 0 Å². The number of aryl methyl sites for hydroxylation is 1. The van der Waals surface area contributed by atoms with Crippen molar-refractivity contribution < 1.29 is 17.9 Å². The summed E-state index contributed by atoms with van der Waals surface area (Å²) in [7, 11) is -1.56. The molecule has 1 atom stereocenters. The second-order valence-corrected chi connectivity index (χ2v) is 10.6. The van der Waals surface area contributed by atoms with Gasteiger partial charge < -0.3 is 9.47 Å². The van der Waals surface area contributed by atoms with Gasteiger partial charge in [-0.1, -0.05) is 29.8 Å². The summed E-state index contributed by atoms with van der Waals surface area (Å²) in [5.41, 5.74) is 3.70. The fourth-order valence-corrected chi connectivity index (χ4v) is 5.72. The highest BCUT2D eigenvalue weighted by molar-refractivity contribution is 7.88. The number of fused-ring (bicyclic) bond motifs is 4. The van der Waals surface area contributed by atoms with Crippen molar-refractivity contribution in [3.63, 3.8) is 0 Å². The van der Waals surface area contributed by atoms with E-state index < -0.39 is 15.7 Å². The van der Waals surface area contributed by atoms with Crippen LogP contribution in [0.4, 0.5) is 0 Å². The standard InChI is InChI=1S/C23H27N3O4S/c1-16-7-8-22-19(13-16)21-15-20(17-5-4-6-18(14-17)29-2)24-26(21)23(30-22)9-11-25(12-10-23)31(3,27)28/h4-8,13-14,21H,9-12,15H2,1-3H3/t21-/m0/s1. The van der Waals surface area contributed by atoms with Gasteiger partial charge in [0.05, 0.1) is 25.1 Å². The molecule has 1 saturated heterocycles. The number of benzene rings is 2. The summed E-state index contributed by atoms with van der Waals surface area (Å²) in [6.07, 6.45) is 3.17. The minimum absolute atomic E-state index is 0.0645.